The molecule has 0 aliphatic heterocycles. The van der Waals surface area contributed by atoms with Gasteiger partial charge in [-0.1, -0.05) is 55.5 Å². The zero-order valence-electron chi connectivity index (χ0n) is 18.7. The van der Waals surface area contributed by atoms with Crippen molar-refractivity contribution >= 4 is 57.6 Å². The molecule has 2 aromatic carbocycles. The molecule has 2 aromatic rings. The van der Waals surface area contributed by atoms with Gasteiger partial charge in [0, 0.05) is 26.2 Å². The maximum Gasteiger partial charge on any atom is 0.261 e. The second kappa shape index (κ2) is 12.8. The molecule has 0 heterocycles. The number of ether oxygens (including phenoxy) is 1. The number of carbonyl (C=O) groups excluding carboxylic acids is 2. The van der Waals surface area contributed by atoms with Gasteiger partial charge in [0.25, 0.3) is 5.91 Å². The topological polar surface area (TPSA) is 58.6 Å². The van der Waals surface area contributed by atoms with Crippen LogP contribution in [0, 0.1) is 3.57 Å². The van der Waals surface area contributed by atoms with Crippen molar-refractivity contribution in [2.45, 2.75) is 64.1 Å². The Morgan fingerprint density at radius 1 is 1.12 bits per heavy atom. The molecule has 1 aliphatic rings. The van der Waals surface area contributed by atoms with E-state index in [2.05, 4.69) is 27.9 Å². The SMILES string of the molecule is CC[C@H](C(=O)NC1CCCCC1)N(Cc1ccc(Cl)cc1Cl)C(=O)COc1ccc(I)cc1. The van der Waals surface area contributed by atoms with E-state index in [0.717, 1.165) is 34.8 Å². The molecule has 1 aliphatic carbocycles. The molecule has 1 N–H and O–H groups in total. The normalized spacial score (nSPS) is 15.0. The quantitative estimate of drug-likeness (QED) is 0.346. The van der Waals surface area contributed by atoms with Crippen LogP contribution >= 0.6 is 45.8 Å². The van der Waals surface area contributed by atoms with Crippen LogP contribution < -0.4 is 10.1 Å². The summed E-state index contributed by atoms with van der Waals surface area (Å²) in [7, 11) is 0. The van der Waals surface area contributed by atoms with Crippen LogP contribution in [-0.2, 0) is 16.1 Å². The molecule has 0 aromatic heterocycles. The number of hydrogen-bond donors (Lipinski definition) is 1. The molecule has 2 amide bonds. The van der Waals surface area contributed by atoms with Gasteiger partial charge in [0.2, 0.25) is 5.91 Å². The number of nitrogens with one attached hydrogen (secondary N) is 1. The van der Waals surface area contributed by atoms with Crippen LogP contribution in [0.1, 0.15) is 51.0 Å². The van der Waals surface area contributed by atoms with Crippen molar-refractivity contribution in [3.63, 3.8) is 0 Å². The Kier molecular flexibility index (Phi) is 10.1. The van der Waals surface area contributed by atoms with E-state index < -0.39 is 6.04 Å². The van der Waals surface area contributed by atoms with Gasteiger partial charge in [-0.3, -0.25) is 9.59 Å². The lowest BCUT2D eigenvalue weighted by atomic mass is 9.95. The summed E-state index contributed by atoms with van der Waals surface area (Å²) in [6.45, 7) is 1.94. The van der Waals surface area contributed by atoms with Crippen LogP contribution in [0.2, 0.25) is 10.0 Å². The lowest BCUT2D eigenvalue weighted by molar-refractivity contribution is -0.143. The van der Waals surface area contributed by atoms with Crippen molar-refractivity contribution in [2.24, 2.45) is 0 Å². The van der Waals surface area contributed by atoms with E-state index in [9.17, 15) is 9.59 Å². The van der Waals surface area contributed by atoms with Gasteiger partial charge in [-0.2, -0.15) is 0 Å². The fourth-order valence-electron chi connectivity index (χ4n) is 4.06. The summed E-state index contributed by atoms with van der Waals surface area (Å²) >= 11 is 14.7. The highest BCUT2D eigenvalue weighted by molar-refractivity contribution is 14.1. The summed E-state index contributed by atoms with van der Waals surface area (Å²) in [6, 6.07) is 12.2. The minimum atomic E-state index is -0.619. The zero-order valence-corrected chi connectivity index (χ0v) is 22.3. The van der Waals surface area contributed by atoms with Gasteiger partial charge in [0.15, 0.2) is 6.61 Å². The average Bonchev–Trinajstić information content (AvgIpc) is 2.80. The van der Waals surface area contributed by atoms with E-state index in [1.807, 2.05) is 31.2 Å². The maximum atomic E-state index is 13.3. The molecular weight excluding hydrogens is 574 g/mol. The first kappa shape index (κ1) is 26.1. The molecule has 3 rings (SSSR count). The Balaban J connectivity index is 1.77. The van der Waals surface area contributed by atoms with Crippen molar-refractivity contribution in [3.05, 3.63) is 61.6 Å². The van der Waals surface area contributed by atoms with E-state index in [4.69, 9.17) is 27.9 Å². The third kappa shape index (κ3) is 7.76. The number of carbonyl (C=O) groups is 2. The monoisotopic (exact) mass is 602 g/mol. The summed E-state index contributed by atoms with van der Waals surface area (Å²) in [5, 5.41) is 4.15. The van der Waals surface area contributed by atoms with Crippen LogP contribution in [0.5, 0.6) is 5.75 Å². The zero-order chi connectivity index (χ0) is 23.8. The van der Waals surface area contributed by atoms with Crippen LogP contribution in [0.15, 0.2) is 42.5 Å². The molecule has 0 spiro atoms. The number of hydrogen-bond acceptors (Lipinski definition) is 3. The van der Waals surface area contributed by atoms with Gasteiger partial charge < -0.3 is 15.0 Å². The maximum absolute atomic E-state index is 13.3. The lowest BCUT2D eigenvalue weighted by Gasteiger charge is -2.33. The number of rotatable bonds is 9. The highest BCUT2D eigenvalue weighted by atomic mass is 127. The molecule has 8 heteroatoms. The number of benzene rings is 2. The highest BCUT2D eigenvalue weighted by Gasteiger charge is 2.31. The minimum Gasteiger partial charge on any atom is -0.484 e. The molecule has 0 saturated heterocycles. The standard InChI is InChI=1S/C25H29Cl2IN2O3/c1-2-23(25(32)29-20-6-4-3-5-7-20)30(15-17-8-9-18(26)14-22(17)27)24(31)16-33-21-12-10-19(28)11-13-21/h8-14,20,23H,2-7,15-16H2,1H3,(H,29,32)/t23-/m1/s1. The molecule has 178 valence electrons. The predicted octanol–water partition coefficient (Wildman–Crippen LogP) is 6.23. The Bertz CT molecular complexity index is 949. The van der Waals surface area contributed by atoms with Crippen LogP contribution in [0.3, 0.4) is 0 Å². The molecule has 1 atom stereocenters. The van der Waals surface area contributed by atoms with Gasteiger partial charge in [0.05, 0.1) is 0 Å². The molecule has 33 heavy (non-hydrogen) atoms. The van der Waals surface area contributed by atoms with Gasteiger partial charge in [-0.05, 0) is 83.8 Å². The number of nitrogens with zero attached hydrogens (tertiary/aromatic N) is 1. The van der Waals surface area contributed by atoms with Crippen LogP contribution in [0.25, 0.3) is 0 Å². The fraction of sp³-hybridized carbons (Fsp3) is 0.440. The second-order valence-corrected chi connectivity index (χ2v) is 10.4. The van der Waals surface area contributed by atoms with E-state index in [-0.39, 0.29) is 31.0 Å². The van der Waals surface area contributed by atoms with Gasteiger partial charge in [-0.15, -0.1) is 0 Å². The first-order valence-corrected chi connectivity index (χ1v) is 13.1. The molecule has 5 nitrogen and oxygen atoms in total. The van der Waals surface area contributed by atoms with Crippen LogP contribution in [0.4, 0.5) is 0 Å². The summed E-state index contributed by atoms with van der Waals surface area (Å²) in [5.41, 5.74) is 0.729. The van der Waals surface area contributed by atoms with Crippen molar-refractivity contribution < 1.29 is 14.3 Å². The Hall–Kier alpha value is -1.51. The first-order chi connectivity index (χ1) is 15.9. The summed E-state index contributed by atoms with van der Waals surface area (Å²) in [6.07, 6.45) is 5.89. The fourth-order valence-corrected chi connectivity index (χ4v) is 4.88. The van der Waals surface area contributed by atoms with Gasteiger partial charge in [0.1, 0.15) is 11.8 Å². The average molecular weight is 603 g/mol. The molecule has 0 bridgehead atoms. The Labute approximate surface area is 219 Å². The van der Waals surface area contributed by atoms with Crippen molar-refractivity contribution in [3.8, 4) is 5.75 Å². The number of halogens is 3. The second-order valence-electron chi connectivity index (χ2n) is 8.27. The Morgan fingerprint density at radius 2 is 1.82 bits per heavy atom. The largest absolute Gasteiger partial charge is 0.484 e. The van der Waals surface area contributed by atoms with Gasteiger partial charge in [-0.25, -0.2) is 0 Å². The van der Waals surface area contributed by atoms with E-state index in [1.54, 1.807) is 23.1 Å². The lowest BCUT2D eigenvalue weighted by Crippen LogP contribution is -2.52. The van der Waals surface area contributed by atoms with Gasteiger partial charge >= 0.3 is 0 Å². The van der Waals surface area contributed by atoms with Crippen LogP contribution in [-0.4, -0.2) is 35.4 Å². The van der Waals surface area contributed by atoms with E-state index in [0.29, 0.717) is 22.2 Å². The van der Waals surface area contributed by atoms with Crippen molar-refractivity contribution in [1.82, 2.24) is 10.2 Å². The molecule has 0 unspecified atom stereocenters. The summed E-state index contributed by atoms with van der Waals surface area (Å²) < 4.78 is 6.81. The molecule has 1 saturated carbocycles. The number of amides is 2. The van der Waals surface area contributed by atoms with Crippen molar-refractivity contribution in [1.29, 1.82) is 0 Å². The third-order valence-electron chi connectivity index (χ3n) is 5.87. The summed E-state index contributed by atoms with van der Waals surface area (Å²) in [4.78, 5) is 28.1. The highest BCUT2D eigenvalue weighted by Crippen LogP contribution is 2.24. The molecule has 0 radical (unpaired) electrons. The minimum absolute atomic E-state index is 0.128. The van der Waals surface area contributed by atoms with E-state index in [1.165, 1.54) is 6.42 Å². The smallest absolute Gasteiger partial charge is 0.261 e. The van der Waals surface area contributed by atoms with Crippen molar-refractivity contribution in [2.75, 3.05) is 6.61 Å². The predicted molar refractivity (Wildman–Crippen MR) is 141 cm³/mol. The summed E-state index contributed by atoms with van der Waals surface area (Å²) in [5.74, 6) is 0.204. The first-order valence-electron chi connectivity index (χ1n) is 11.3. The van der Waals surface area contributed by atoms with E-state index >= 15 is 0 Å². The third-order valence-corrected chi connectivity index (χ3v) is 7.18. The Morgan fingerprint density at radius 3 is 2.45 bits per heavy atom. The molecule has 1 fully saturated rings. The molecular formula is C25H29Cl2IN2O3.